The van der Waals surface area contributed by atoms with Crippen molar-refractivity contribution in [2.24, 2.45) is 23.7 Å². The minimum atomic E-state index is -1.25. The van der Waals surface area contributed by atoms with Gasteiger partial charge in [-0.3, -0.25) is 19.2 Å². The number of ether oxygens (including phenoxy) is 3. The predicted molar refractivity (Wildman–Crippen MR) is 242 cm³/mol. The number of nitrogens with zero attached hydrogens (tertiary/aromatic N) is 5. The minimum absolute atomic E-state index is 0. The second-order valence-corrected chi connectivity index (χ2v) is 18.8. The Balaban J connectivity index is 0.00000819. The Kier molecular flexibility index (Phi) is 20.0. The van der Waals surface area contributed by atoms with Crippen LogP contribution in [0.1, 0.15) is 97.7 Å². The van der Waals surface area contributed by atoms with Crippen LogP contribution in [0.4, 0.5) is 0 Å². The lowest BCUT2D eigenvalue weighted by Gasteiger charge is -2.46. The molecule has 5 rings (SSSR count). The van der Waals surface area contributed by atoms with Gasteiger partial charge in [0, 0.05) is 46.5 Å². The number of halogens is 1. The highest BCUT2D eigenvalue weighted by Crippen LogP contribution is 2.39. The molecule has 2 aliphatic heterocycles. The van der Waals surface area contributed by atoms with Crippen LogP contribution in [0.15, 0.2) is 54.3 Å². The van der Waals surface area contributed by atoms with E-state index in [1.54, 1.807) is 38.1 Å². The second kappa shape index (κ2) is 23.9. The van der Waals surface area contributed by atoms with Gasteiger partial charge in [-0.15, -0.1) is 5.10 Å². The van der Waals surface area contributed by atoms with Gasteiger partial charge < -0.3 is 39.5 Å². The summed E-state index contributed by atoms with van der Waals surface area (Å²) in [5, 5.41) is 53.7. The van der Waals surface area contributed by atoms with Crippen molar-refractivity contribution < 1.29 is 44.2 Å². The minimum Gasteiger partial charge on any atom is -0.462 e. The number of benzene rings is 1. The summed E-state index contributed by atoms with van der Waals surface area (Å²) >= 11 is 2.30. The van der Waals surface area contributed by atoms with Crippen molar-refractivity contribution in [3.63, 3.8) is 0 Å². The van der Waals surface area contributed by atoms with Gasteiger partial charge in [-0.05, 0) is 119 Å². The Morgan fingerprint density at radius 3 is 2.36 bits per heavy atom. The third kappa shape index (κ3) is 14.4. The van der Waals surface area contributed by atoms with E-state index in [1.807, 2.05) is 44.6 Å². The van der Waals surface area contributed by atoms with Gasteiger partial charge in [0.05, 0.1) is 55.7 Å². The van der Waals surface area contributed by atoms with E-state index in [9.17, 15) is 30.0 Å². The number of carbonyl (C=O) groups excluding carboxylic acids is 2. The first-order valence-electron chi connectivity index (χ1n) is 21.7. The van der Waals surface area contributed by atoms with Crippen LogP contribution >= 0.6 is 22.6 Å². The molecule has 2 fully saturated rings. The number of ketones is 1. The molecule has 1 aromatic heterocycles. The van der Waals surface area contributed by atoms with Crippen molar-refractivity contribution in [1.82, 2.24) is 24.8 Å². The van der Waals surface area contributed by atoms with Crippen molar-refractivity contribution in [1.29, 1.82) is 0 Å². The molecule has 61 heavy (non-hydrogen) atoms. The van der Waals surface area contributed by atoms with Gasteiger partial charge in [0.15, 0.2) is 12.1 Å². The number of hydrogen-bond donors (Lipinski definition) is 4. The molecule has 1 aliphatic carbocycles. The molecule has 14 nitrogen and oxygen atoms in total. The fraction of sp³-hybridized carbons (Fsp3) is 0.696. The molecule has 1 saturated heterocycles. The van der Waals surface area contributed by atoms with Crippen LogP contribution in [0.25, 0.3) is 0 Å². The van der Waals surface area contributed by atoms with Crippen LogP contribution in [0.5, 0.6) is 0 Å². The lowest BCUT2D eigenvalue weighted by molar-refractivity contribution is -0.304. The van der Waals surface area contributed by atoms with Crippen LogP contribution in [-0.4, -0.2) is 140 Å². The Labute approximate surface area is 376 Å². The lowest BCUT2D eigenvalue weighted by atomic mass is 9.79. The van der Waals surface area contributed by atoms with E-state index in [0.29, 0.717) is 51.4 Å². The molecule has 2 unspecified atom stereocenters. The zero-order valence-corrected chi connectivity index (χ0v) is 38.5. The summed E-state index contributed by atoms with van der Waals surface area (Å²) in [5.74, 6) is -2.22. The van der Waals surface area contributed by atoms with Crippen LogP contribution in [-0.2, 0) is 36.9 Å². The van der Waals surface area contributed by atoms with Gasteiger partial charge in [0.25, 0.3) is 0 Å². The highest BCUT2D eigenvalue weighted by molar-refractivity contribution is 14.1. The number of allylic oxidation sites excluding steroid dienone is 3. The first-order valence-corrected chi connectivity index (χ1v) is 22.7. The lowest BCUT2D eigenvalue weighted by Crippen LogP contribution is -2.63. The third-order valence-corrected chi connectivity index (χ3v) is 13.2. The summed E-state index contributed by atoms with van der Waals surface area (Å²) < 4.78 is 21.9. The number of aromatic nitrogens is 3. The van der Waals surface area contributed by atoms with Crippen LogP contribution < -0.4 is 0 Å². The van der Waals surface area contributed by atoms with Crippen LogP contribution in [0, 0.1) is 27.2 Å². The average molecular weight is 966 g/mol. The second-order valence-electron chi connectivity index (χ2n) is 17.6. The maximum Gasteiger partial charge on any atom is 0.308 e. The molecular formula is C46H72IN5O9. The number of likely N-dealkylation sites (N-methyl/N-ethyl adjacent to an activating group) is 1. The molecule has 2 aromatic rings. The average Bonchev–Trinajstić information content (AvgIpc) is 3.96. The maximum absolute atomic E-state index is 13.9. The molecular weight excluding hydrogens is 893 g/mol. The first kappa shape index (κ1) is 51.0. The van der Waals surface area contributed by atoms with Crippen molar-refractivity contribution in [3.05, 3.63) is 69.1 Å². The monoisotopic (exact) mass is 965 g/mol. The molecule has 342 valence electrons. The zero-order chi connectivity index (χ0) is 43.7. The van der Waals surface area contributed by atoms with Crippen molar-refractivity contribution >= 4 is 34.3 Å². The van der Waals surface area contributed by atoms with E-state index >= 15 is 0 Å². The number of rotatable bonds is 14. The Morgan fingerprint density at radius 2 is 1.72 bits per heavy atom. The molecule has 3 aliphatic rings. The number of carbonyl (C=O) groups is 2. The quantitative estimate of drug-likeness (QED) is 0.145. The van der Waals surface area contributed by atoms with Crippen LogP contribution in [0.3, 0.4) is 0 Å². The number of esters is 1. The summed E-state index contributed by atoms with van der Waals surface area (Å²) in [6, 6.07) is 7.73. The summed E-state index contributed by atoms with van der Waals surface area (Å²) in [5.41, 5.74) is 2.93. The zero-order valence-electron chi connectivity index (χ0n) is 36.3. The van der Waals surface area contributed by atoms with E-state index in [1.165, 1.54) is 0 Å². The smallest absolute Gasteiger partial charge is 0.308 e. The number of aliphatic hydroxyl groups excluding tert-OH is 4. The standard InChI is InChI=1S/C45H68IN5O9.CH4/c1-8-39-34(26-52)21-27(2)9-16-37(53)28(3)22-33(17-18-50(24-31-10-14-35(46)15-11-31)19-20-51-25-36(47-48-51)32-12-13-32)44(29(4)38(54)23-40(55)59-39)60-45-43(57)41(49(6)7)42(56)30(5)58-45;/h9-11,14-16,21,25,28-30,32-34,38-39,41-45,52,54,56-57H,8,12-13,17-20,22-24,26H2,1-7H3;1H4/b16-9+,27-21+;/t28-,29+,30-,33+,34-,38-,39-,41?,42-,43?,44-,45+;/m1./s1. The normalized spacial score (nSPS) is 33.5. The fourth-order valence-corrected chi connectivity index (χ4v) is 8.92. The molecule has 0 radical (unpaired) electrons. The van der Waals surface area contributed by atoms with E-state index in [4.69, 9.17) is 14.2 Å². The molecule has 0 spiro atoms. The SMILES string of the molecule is C.CC[C@H]1OC(=O)C[C@@H](O)[C@H](C)[C@@H](O[C@@H]2O[C@H](C)[C@@H](O)C(N(C)C)C2O)[C@@H](CCN(CCn2cc(C3CC3)nn2)Cc2ccc(I)cc2)C[C@@H](C)C(=O)/C=C/C(C)=C/[C@@H]1CO. The number of hydrogen-bond acceptors (Lipinski definition) is 13. The van der Waals surface area contributed by atoms with Gasteiger partial charge in [-0.1, -0.05) is 63.3 Å². The molecule has 0 bridgehead atoms. The topological polar surface area (TPSA) is 180 Å². The highest BCUT2D eigenvalue weighted by atomic mass is 127. The van der Waals surface area contributed by atoms with Crippen molar-refractivity contribution in [2.45, 2.75) is 149 Å². The highest BCUT2D eigenvalue weighted by Gasteiger charge is 2.47. The molecule has 0 amide bonds. The molecule has 1 saturated carbocycles. The van der Waals surface area contributed by atoms with E-state index in [2.05, 4.69) is 62.1 Å². The maximum atomic E-state index is 13.9. The molecule has 1 aromatic carbocycles. The van der Waals surface area contributed by atoms with Crippen molar-refractivity contribution in [3.8, 4) is 0 Å². The third-order valence-electron chi connectivity index (χ3n) is 12.5. The Hall–Kier alpha value is -2.61. The fourth-order valence-electron chi connectivity index (χ4n) is 8.56. The largest absolute Gasteiger partial charge is 0.462 e. The van der Waals surface area contributed by atoms with E-state index < -0.39 is 72.7 Å². The molecule has 15 heteroatoms. The Morgan fingerprint density at radius 1 is 1.02 bits per heavy atom. The van der Waals surface area contributed by atoms with Gasteiger partial charge >= 0.3 is 5.97 Å². The van der Waals surface area contributed by atoms with Gasteiger partial charge in [0.2, 0.25) is 0 Å². The summed E-state index contributed by atoms with van der Waals surface area (Å²) in [7, 11) is 3.55. The molecule has 3 heterocycles. The van der Waals surface area contributed by atoms with Gasteiger partial charge in [0.1, 0.15) is 12.2 Å². The van der Waals surface area contributed by atoms with Gasteiger partial charge in [-0.25, -0.2) is 0 Å². The first-order chi connectivity index (χ1) is 28.6. The molecule has 12 atom stereocenters. The van der Waals surface area contributed by atoms with Crippen LogP contribution in [0.2, 0.25) is 0 Å². The predicted octanol–water partition coefficient (Wildman–Crippen LogP) is 5.12. The summed E-state index contributed by atoms with van der Waals surface area (Å²) in [4.78, 5) is 31.5. The molecule has 4 N–H and O–H groups in total. The van der Waals surface area contributed by atoms with E-state index in [0.717, 1.165) is 33.2 Å². The summed E-state index contributed by atoms with van der Waals surface area (Å²) in [6.07, 6.45) is 3.67. The van der Waals surface area contributed by atoms with Gasteiger partial charge in [-0.2, -0.15) is 0 Å². The van der Waals surface area contributed by atoms with Crippen molar-refractivity contribution in [2.75, 3.05) is 33.8 Å². The number of aliphatic hydroxyl groups is 4. The Bertz CT molecular complexity index is 1740. The number of cyclic esters (lactones) is 1. The van der Waals surface area contributed by atoms with E-state index in [-0.39, 0.29) is 32.2 Å². The summed E-state index contributed by atoms with van der Waals surface area (Å²) in [6.45, 7) is 11.4.